The third-order valence-corrected chi connectivity index (χ3v) is 4.72. The zero-order valence-electron chi connectivity index (χ0n) is 17.8. The Labute approximate surface area is 174 Å². The highest BCUT2D eigenvalue weighted by Crippen LogP contribution is 2.13. The molecule has 1 aromatic rings. The molecule has 0 unspecified atom stereocenters. The van der Waals surface area contributed by atoms with Crippen LogP contribution in [0, 0.1) is 10.1 Å². The van der Waals surface area contributed by atoms with Gasteiger partial charge in [-0.1, -0.05) is 70.4 Å². The number of nitrogens with zero attached hydrogens (tertiary/aromatic N) is 4. The van der Waals surface area contributed by atoms with E-state index in [2.05, 4.69) is 16.9 Å². The van der Waals surface area contributed by atoms with Gasteiger partial charge in [-0.25, -0.2) is 0 Å². The van der Waals surface area contributed by atoms with E-state index in [0.717, 1.165) is 18.4 Å². The second-order valence-corrected chi connectivity index (χ2v) is 7.32. The highest BCUT2D eigenvalue weighted by atomic mass is 16.6. The van der Waals surface area contributed by atoms with Crippen molar-refractivity contribution in [3.8, 4) is 0 Å². The molecule has 29 heavy (non-hydrogen) atoms. The van der Waals surface area contributed by atoms with Crippen LogP contribution in [-0.4, -0.2) is 35.3 Å². The van der Waals surface area contributed by atoms with Gasteiger partial charge in [-0.3, -0.25) is 15.1 Å². The van der Waals surface area contributed by atoms with E-state index in [1.54, 1.807) is 24.1 Å². The van der Waals surface area contributed by atoms with Crippen molar-refractivity contribution in [3.05, 3.63) is 39.9 Å². The number of nitro benzene ring substituents is 1. The Morgan fingerprint density at radius 3 is 2.10 bits per heavy atom. The summed E-state index contributed by atoms with van der Waals surface area (Å²) in [6.07, 6.45) is 11.4. The molecule has 0 fully saturated rings. The van der Waals surface area contributed by atoms with Gasteiger partial charge in [-0.15, -0.1) is 0 Å². The molecular formula is C21H36N6O2. The van der Waals surface area contributed by atoms with Gasteiger partial charge in [-0.05, 0) is 12.0 Å². The summed E-state index contributed by atoms with van der Waals surface area (Å²) in [6, 6.07) is 6.33. The Hall–Kier alpha value is -2.64. The van der Waals surface area contributed by atoms with Gasteiger partial charge in [0.15, 0.2) is 5.96 Å². The molecule has 0 amide bonds. The van der Waals surface area contributed by atoms with E-state index in [1.165, 1.54) is 57.1 Å². The summed E-state index contributed by atoms with van der Waals surface area (Å²) < 4.78 is 0. The molecule has 4 N–H and O–H groups in total. The van der Waals surface area contributed by atoms with Gasteiger partial charge in [0.25, 0.3) is 5.69 Å². The minimum Gasteiger partial charge on any atom is -0.369 e. The number of aliphatic imine (C=N–C) groups is 2. The Bertz CT molecular complexity index is 658. The molecule has 1 aromatic carbocycles. The summed E-state index contributed by atoms with van der Waals surface area (Å²) in [5.41, 5.74) is 12.8. The van der Waals surface area contributed by atoms with E-state index in [4.69, 9.17) is 11.5 Å². The van der Waals surface area contributed by atoms with E-state index in [-0.39, 0.29) is 17.6 Å². The van der Waals surface area contributed by atoms with Crippen LogP contribution in [0.25, 0.3) is 0 Å². The molecule has 1 rings (SSSR count). The van der Waals surface area contributed by atoms with E-state index in [0.29, 0.717) is 13.1 Å². The summed E-state index contributed by atoms with van der Waals surface area (Å²) >= 11 is 0. The average molecular weight is 405 g/mol. The Morgan fingerprint density at radius 1 is 1.00 bits per heavy atom. The average Bonchev–Trinajstić information content (AvgIpc) is 2.69. The lowest BCUT2D eigenvalue weighted by molar-refractivity contribution is -0.384. The molecule has 0 heterocycles. The standard InChI is InChI=1S/C21H36N6O2/c1-3-4-5-6-7-8-9-10-11-16-24-20(22)25-21(23)26(2)17-18-12-14-19(15-13-18)27(28)29/h12-15H,3-11,16-17H2,1-2H3,(H4,22,23,24,25). The number of guanidine groups is 2. The highest BCUT2D eigenvalue weighted by Gasteiger charge is 2.07. The molecule has 0 atom stereocenters. The molecule has 8 heteroatoms. The van der Waals surface area contributed by atoms with Gasteiger partial charge in [-0.2, -0.15) is 4.99 Å². The van der Waals surface area contributed by atoms with Crippen LogP contribution in [0.15, 0.2) is 34.3 Å². The maximum absolute atomic E-state index is 10.7. The number of nitrogens with two attached hydrogens (primary N) is 2. The molecule has 0 aliphatic heterocycles. The fourth-order valence-electron chi connectivity index (χ4n) is 2.93. The van der Waals surface area contributed by atoms with Crippen molar-refractivity contribution in [1.29, 1.82) is 0 Å². The van der Waals surface area contributed by atoms with Gasteiger partial charge in [0.2, 0.25) is 5.96 Å². The van der Waals surface area contributed by atoms with Gasteiger partial charge in [0.05, 0.1) is 4.92 Å². The van der Waals surface area contributed by atoms with Crippen molar-refractivity contribution in [3.63, 3.8) is 0 Å². The maximum atomic E-state index is 10.7. The summed E-state index contributed by atoms with van der Waals surface area (Å²) in [6.45, 7) is 3.37. The molecule has 8 nitrogen and oxygen atoms in total. The Morgan fingerprint density at radius 2 is 1.55 bits per heavy atom. The molecule has 0 spiro atoms. The quantitative estimate of drug-likeness (QED) is 0.168. The van der Waals surface area contributed by atoms with Crippen LogP contribution in [0.4, 0.5) is 5.69 Å². The molecule has 162 valence electrons. The summed E-state index contributed by atoms with van der Waals surface area (Å²) in [5, 5.41) is 10.7. The van der Waals surface area contributed by atoms with Crippen molar-refractivity contribution in [2.24, 2.45) is 21.5 Å². The minimum absolute atomic E-state index is 0.0610. The SMILES string of the molecule is CCCCCCCCCCCN=C(N)/N=C(\N)N(C)Cc1ccc([N+](=O)[O-])cc1. The zero-order chi connectivity index (χ0) is 21.5. The monoisotopic (exact) mass is 404 g/mol. The lowest BCUT2D eigenvalue weighted by Crippen LogP contribution is -2.35. The fraction of sp³-hybridized carbons (Fsp3) is 0.619. The lowest BCUT2D eigenvalue weighted by atomic mass is 10.1. The van der Waals surface area contributed by atoms with E-state index in [1.807, 2.05) is 0 Å². The molecule has 0 aliphatic rings. The predicted octanol–water partition coefficient (Wildman–Crippen LogP) is 4.19. The van der Waals surface area contributed by atoms with Crippen LogP contribution >= 0.6 is 0 Å². The number of non-ortho nitro benzene ring substituents is 1. The molecule has 0 saturated carbocycles. The third kappa shape index (κ3) is 11.1. The van der Waals surface area contributed by atoms with Crippen LogP contribution in [0.3, 0.4) is 0 Å². The first-order valence-electron chi connectivity index (χ1n) is 10.5. The van der Waals surface area contributed by atoms with Crippen LogP contribution in [-0.2, 0) is 6.54 Å². The van der Waals surface area contributed by atoms with Crippen molar-refractivity contribution in [1.82, 2.24) is 4.90 Å². The van der Waals surface area contributed by atoms with Crippen LogP contribution < -0.4 is 11.5 Å². The Kier molecular flexibility index (Phi) is 12.1. The maximum Gasteiger partial charge on any atom is 0.269 e. The number of rotatable bonds is 13. The van der Waals surface area contributed by atoms with Gasteiger partial charge in [0.1, 0.15) is 0 Å². The number of hydrogen-bond acceptors (Lipinski definition) is 3. The lowest BCUT2D eigenvalue weighted by Gasteiger charge is -2.17. The number of nitro groups is 1. The molecule has 0 aromatic heterocycles. The van der Waals surface area contributed by atoms with Crippen LogP contribution in [0.2, 0.25) is 0 Å². The smallest absolute Gasteiger partial charge is 0.269 e. The molecule has 0 radical (unpaired) electrons. The molecule has 0 aliphatic carbocycles. The second-order valence-electron chi connectivity index (χ2n) is 7.32. The van der Waals surface area contributed by atoms with Crippen molar-refractivity contribution in [2.45, 2.75) is 71.3 Å². The Balaban J connectivity index is 2.29. The number of unbranched alkanes of at least 4 members (excludes halogenated alkanes) is 8. The van der Waals surface area contributed by atoms with Crippen molar-refractivity contribution < 1.29 is 4.92 Å². The first-order valence-corrected chi connectivity index (χ1v) is 10.5. The largest absolute Gasteiger partial charge is 0.369 e. The summed E-state index contributed by atoms with van der Waals surface area (Å²) in [7, 11) is 1.79. The molecular weight excluding hydrogens is 368 g/mol. The fourth-order valence-corrected chi connectivity index (χ4v) is 2.93. The molecule has 0 saturated heterocycles. The number of hydrogen-bond donors (Lipinski definition) is 2. The molecule has 0 bridgehead atoms. The zero-order valence-corrected chi connectivity index (χ0v) is 17.8. The first-order chi connectivity index (χ1) is 13.9. The van der Waals surface area contributed by atoms with Crippen molar-refractivity contribution >= 4 is 17.6 Å². The van der Waals surface area contributed by atoms with Gasteiger partial charge < -0.3 is 16.4 Å². The third-order valence-electron chi connectivity index (χ3n) is 4.72. The summed E-state index contributed by atoms with van der Waals surface area (Å²) in [4.78, 5) is 20.4. The predicted molar refractivity (Wildman–Crippen MR) is 120 cm³/mol. The second kappa shape index (κ2) is 14.4. The van der Waals surface area contributed by atoms with Crippen molar-refractivity contribution in [2.75, 3.05) is 13.6 Å². The summed E-state index contributed by atoms with van der Waals surface area (Å²) in [5.74, 6) is 0.439. The van der Waals surface area contributed by atoms with Crippen LogP contribution in [0.1, 0.15) is 70.3 Å². The minimum atomic E-state index is -0.423. The van der Waals surface area contributed by atoms with E-state index >= 15 is 0 Å². The highest BCUT2D eigenvalue weighted by molar-refractivity contribution is 5.93. The topological polar surface area (TPSA) is 123 Å². The van der Waals surface area contributed by atoms with E-state index < -0.39 is 4.92 Å². The van der Waals surface area contributed by atoms with Gasteiger partial charge in [0, 0.05) is 32.3 Å². The normalized spacial score (nSPS) is 12.2. The first kappa shape index (κ1) is 24.4. The van der Waals surface area contributed by atoms with E-state index in [9.17, 15) is 10.1 Å². The van der Waals surface area contributed by atoms with Crippen LogP contribution in [0.5, 0.6) is 0 Å². The van der Waals surface area contributed by atoms with Gasteiger partial charge >= 0.3 is 0 Å². The number of benzene rings is 1.